The molecule has 0 saturated heterocycles. The Bertz CT molecular complexity index is 379. The Labute approximate surface area is 84.9 Å². The predicted octanol–water partition coefficient (Wildman–Crippen LogP) is 1.46. The van der Waals surface area contributed by atoms with Crippen LogP contribution in [0.5, 0.6) is 0 Å². The molecule has 0 heterocycles. The van der Waals surface area contributed by atoms with Crippen LogP contribution in [0.15, 0.2) is 30.3 Å². The maximum atomic E-state index is 13.1. The maximum absolute atomic E-state index is 13.1. The summed E-state index contributed by atoms with van der Waals surface area (Å²) in [7, 11) is -5.55. The van der Waals surface area contributed by atoms with Gasteiger partial charge >= 0.3 is 13.3 Å². The molecule has 0 aromatic heterocycles. The van der Waals surface area contributed by atoms with Crippen molar-refractivity contribution in [3.05, 3.63) is 35.9 Å². The van der Waals surface area contributed by atoms with Gasteiger partial charge < -0.3 is 15.5 Å². The standard InChI is InChI=1S/C8H10F2NO3P/c9-8(10,15(12,13)14)7(11)6-4-2-1-3-5-6/h1-5,7H,11H2,(H2,12,13,14)/t7-/m0/s1. The van der Waals surface area contributed by atoms with E-state index in [2.05, 4.69) is 0 Å². The number of benzene rings is 1. The fraction of sp³-hybridized carbons (Fsp3) is 0.250. The van der Waals surface area contributed by atoms with Crippen molar-refractivity contribution in [1.82, 2.24) is 0 Å². The Morgan fingerprint density at radius 1 is 1.27 bits per heavy atom. The summed E-state index contributed by atoms with van der Waals surface area (Å²) in [4.78, 5) is 16.9. The van der Waals surface area contributed by atoms with Crippen molar-refractivity contribution in [3.63, 3.8) is 0 Å². The first kappa shape index (κ1) is 12.3. The molecule has 0 fully saturated rings. The lowest BCUT2D eigenvalue weighted by molar-refractivity contribution is 0.0324. The summed E-state index contributed by atoms with van der Waals surface area (Å²) in [6, 6.07) is 5.07. The van der Waals surface area contributed by atoms with Crippen molar-refractivity contribution in [1.29, 1.82) is 0 Å². The van der Waals surface area contributed by atoms with E-state index in [9.17, 15) is 13.3 Å². The third kappa shape index (κ3) is 2.41. The minimum Gasteiger partial charge on any atom is -0.320 e. The van der Waals surface area contributed by atoms with E-state index in [4.69, 9.17) is 15.5 Å². The molecular weight excluding hydrogens is 227 g/mol. The Kier molecular flexibility index (Phi) is 3.25. The molecule has 7 heteroatoms. The number of rotatable bonds is 3. The molecule has 0 radical (unpaired) electrons. The molecular formula is C8H10F2NO3P. The summed E-state index contributed by atoms with van der Waals surface area (Å²) in [6.07, 6.45) is 0. The highest BCUT2D eigenvalue weighted by molar-refractivity contribution is 7.53. The first-order valence-electron chi connectivity index (χ1n) is 4.01. The minimum atomic E-state index is -5.55. The van der Waals surface area contributed by atoms with E-state index >= 15 is 0 Å². The fourth-order valence-electron chi connectivity index (χ4n) is 1.04. The van der Waals surface area contributed by atoms with Crippen molar-refractivity contribution in [3.8, 4) is 0 Å². The van der Waals surface area contributed by atoms with Gasteiger partial charge in [-0.05, 0) is 5.56 Å². The fourth-order valence-corrected chi connectivity index (χ4v) is 1.55. The van der Waals surface area contributed by atoms with Gasteiger partial charge in [0.05, 0.1) is 0 Å². The normalized spacial score (nSPS) is 15.0. The van der Waals surface area contributed by atoms with Gasteiger partial charge in [-0.3, -0.25) is 4.57 Å². The average Bonchev–Trinajstić information content (AvgIpc) is 2.16. The van der Waals surface area contributed by atoms with E-state index in [1.54, 1.807) is 6.07 Å². The van der Waals surface area contributed by atoms with Gasteiger partial charge in [-0.25, -0.2) is 0 Å². The van der Waals surface area contributed by atoms with Gasteiger partial charge in [0.1, 0.15) is 6.04 Å². The predicted molar refractivity (Wildman–Crippen MR) is 50.4 cm³/mol. The van der Waals surface area contributed by atoms with Gasteiger partial charge in [-0.1, -0.05) is 30.3 Å². The van der Waals surface area contributed by atoms with Crippen LogP contribution < -0.4 is 5.73 Å². The van der Waals surface area contributed by atoms with Crippen molar-refractivity contribution in [2.75, 3.05) is 0 Å². The molecule has 0 amide bonds. The zero-order valence-electron chi connectivity index (χ0n) is 7.55. The van der Waals surface area contributed by atoms with E-state index in [0.717, 1.165) is 0 Å². The van der Waals surface area contributed by atoms with Crippen LogP contribution in [0.2, 0.25) is 0 Å². The molecule has 1 atom stereocenters. The molecule has 1 aromatic carbocycles. The largest absolute Gasteiger partial charge is 0.396 e. The minimum absolute atomic E-state index is 0.0224. The van der Waals surface area contributed by atoms with Crippen molar-refractivity contribution >= 4 is 7.60 Å². The quantitative estimate of drug-likeness (QED) is 0.695. The summed E-state index contributed by atoms with van der Waals surface area (Å²) in [5, 5.41) is 0. The molecule has 0 bridgehead atoms. The lowest BCUT2D eigenvalue weighted by atomic mass is 10.1. The molecule has 1 rings (SSSR count). The van der Waals surface area contributed by atoms with Crippen molar-refractivity contribution < 1.29 is 23.1 Å². The lowest BCUT2D eigenvalue weighted by Gasteiger charge is -2.24. The molecule has 15 heavy (non-hydrogen) atoms. The number of nitrogens with two attached hydrogens (primary N) is 1. The van der Waals surface area contributed by atoms with Gasteiger partial charge in [0.15, 0.2) is 0 Å². The second-order valence-corrected chi connectivity index (χ2v) is 4.70. The molecule has 84 valence electrons. The van der Waals surface area contributed by atoms with Crippen LogP contribution in [0.1, 0.15) is 11.6 Å². The van der Waals surface area contributed by atoms with Crippen molar-refractivity contribution in [2.24, 2.45) is 5.73 Å². The van der Waals surface area contributed by atoms with E-state index in [1.165, 1.54) is 24.3 Å². The Balaban J connectivity index is 3.05. The first-order chi connectivity index (χ1) is 6.77. The molecule has 4 N–H and O–H groups in total. The van der Waals surface area contributed by atoms with Gasteiger partial charge in [0.25, 0.3) is 0 Å². The van der Waals surface area contributed by atoms with Crippen molar-refractivity contribution in [2.45, 2.75) is 11.7 Å². The molecule has 0 aliphatic rings. The van der Waals surface area contributed by atoms with Crippen LogP contribution in [-0.2, 0) is 4.57 Å². The maximum Gasteiger partial charge on any atom is 0.396 e. The molecule has 0 unspecified atom stereocenters. The highest BCUT2D eigenvalue weighted by atomic mass is 31.2. The number of halogens is 2. The second-order valence-electron chi connectivity index (χ2n) is 3.02. The van der Waals surface area contributed by atoms with Crippen LogP contribution in [0.3, 0.4) is 0 Å². The molecule has 0 spiro atoms. The first-order valence-corrected chi connectivity index (χ1v) is 5.62. The van der Waals surface area contributed by atoms with Gasteiger partial charge in [0, 0.05) is 0 Å². The van der Waals surface area contributed by atoms with Gasteiger partial charge in [-0.15, -0.1) is 0 Å². The van der Waals surface area contributed by atoms with Crippen LogP contribution in [0, 0.1) is 0 Å². The molecule has 4 nitrogen and oxygen atoms in total. The Morgan fingerprint density at radius 2 is 1.73 bits per heavy atom. The lowest BCUT2D eigenvalue weighted by Crippen LogP contribution is -2.32. The van der Waals surface area contributed by atoms with E-state index < -0.39 is 19.3 Å². The third-order valence-electron chi connectivity index (χ3n) is 1.92. The summed E-state index contributed by atoms with van der Waals surface area (Å²) >= 11 is 0. The third-order valence-corrected chi connectivity index (χ3v) is 2.98. The van der Waals surface area contributed by atoms with E-state index in [-0.39, 0.29) is 5.56 Å². The topological polar surface area (TPSA) is 83.6 Å². The van der Waals surface area contributed by atoms with E-state index in [0.29, 0.717) is 0 Å². The number of alkyl halides is 2. The molecule has 0 aliphatic carbocycles. The van der Waals surface area contributed by atoms with Crippen LogP contribution in [0.4, 0.5) is 8.78 Å². The van der Waals surface area contributed by atoms with Crippen LogP contribution >= 0.6 is 7.60 Å². The molecule has 0 saturated carbocycles. The average molecular weight is 237 g/mol. The van der Waals surface area contributed by atoms with Gasteiger partial charge in [0.2, 0.25) is 0 Å². The monoisotopic (exact) mass is 237 g/mol. The summed E-state index contributed by atoms with van der Waals surface area (Å²) < 4.78 is 36.8. The zero-order chi connectivity index (χ0) is 11.7. The SMILES string of the molecule is N[C@@H](c1ccccc1)C(F)(F)P(=O)(O)O. The van der Waals surface area contributed by atoms with Crippen LogP contribution in [0.25, 0.3) is 0 Å². The Hall–Kier alpha value is -0.810. The second kappa shape index (κ2) is 3.98. The smallest absolute Gasteiger partial charge is 0.320 e. The summed E-state index contributed by atoms with van der Waals surface area (Å²) in [6.45, 7) is 0. The van der Waals surface area contributed by atoms with E-state index in [1.807, 2.05) is 0 Å². The van der Waals surface area contributed by atoms with Crippen LogP contribution in [-0.4, -0.2) is 15.5 Å². The number of hydrogen-bond acceptors (Lipinski definition) is 2. The molecule has 0 aliphatic heterocycles. The summed E-state index contributed by atoms with van der Waals surface area (Å²) in [5.74, 6) is 0. The Morgan fingerprint density at radius 3 is 2.13 bits per heavy atom. The highest BCUT2D eigenvalue weighted by Crippen LogP contribution is 2.57. The molecule has 1 aromatic rings. The zero-order valence-corrected chi connectivity index (χ0v) is 8.44. The summed E-state index contributed by atoms with van der Waals surface area (Å²) in [5.41, 5.74) is 0.839. The highest BCUT2D eigenvalue weighted by Gasteiger charge is 2.54. The van der Waals surface area contributed by atoms with Gasteiger partial charge in [-0.2, -0.15) is 8.78 Å². The number of hydrogen-bond donors (Lipinski definition) is 3.